The fourth-order valence-corrected chi connectivity index (χ4v) is 2.49. The minimum atomic E-state index is 0.0140. The van der Waals surface area contributed by atoms with E-state index in [0.29, 0.717) is 0 Å². The zero-order valence-electron chi connectivity index (χ0n) is 9.90. The van der Waals surface area contributed by atoms with Gasteiger partial charge in [0.15, 0.2) is 0 Å². The van der Waals surface area contributed by atoms with Crippen molar-refractivity contribution < 1.29 is 0 Å². The van der Waals surface area contributed by atoms with Crippen molar-refractivity contribution in [3.63, 3.8) is 0 Å². The van der Waals surface area contributed by atoms with E-state index in [4.69, 9.17) is 11.6 Å². The maximum Gasteiger partial charge on any atom is 0.100 e. The average molecular weight is 242 g/mol. The first-order valence-electron chi connectivity index (χ1n) is 6.33. The quantitative estimate of drug-likeness (QED) is 0.755. The summed E-state index contributed by atoms with van der Waals surface area (Å²) in [5, 5.41) is 8.31. The minimum absolute atomic E-state index is 0.0140. The fraction of sp³-hybridized carbons (Fsp3) is 0.833. The molecule has 1 aliphatic rings. The van der Waals surface area contributed by atoms with E-state index in [1.807, 2.05) is 10.9 Å². The number of aromatic nitrogens is 3. The van der Waals surface area contributed by atoms with E-state index in [0.717, 1.165) is 24.6 Å². The van der Waals surface area contributed by atoms with Crippen molar-refractivity contribution in [3.05, 3.63) is 11.9 Å². The van der Waals surface area contributed by atoms with Gasteiger partial charge in [0.2, 0.25) is 0 Å². The molecule has 4 heteroatoms. The first-order chi connectivity index (χ1) is 7.79. The van der Waals surface area contributed by atoms with Crippen molar-refractivity contribution in [2.45, 2.75) is 57.4 Å². The lowest BCUT2D eigenvalue weighted by Crippen LogP contribution is -2.14. The normalized spacial score (nSPS) is 19.9. The highest BCUT2D eigenvalue weighted by Gasteiger charge is 2.16. The molecule has 1 fully saturated rings. The molecule has 1 heterocycles. The van der Waals surface area contributed by atoms with Gasteiger partial charge in [-0.05, 0) is 25.2 Å². The molecule has 0 saturated heterocycles. The molecule has 1 aliphatic carbocycles. The fourth-order valence-electron chi connectivity index (χ4n) is 2.39. The number of alkyl halides is 1. The summed E-state index contributed by atoms with van der Waals surface area (Å²) >= 11 is 6.13. The van der Waals surface area contributed by atoms with E-state index in [9.17, 15) is 0 Å². The van der Waals surface area contributed by atoms with E-state index >= 15 is 0 Å². The van der Waals surface area contributed by atoms with Crippen molar-refractivity contribution in [1.29, 1.82) is 0 Å². The van der Waals surface area contributed by atoms with E-state index in [1.165, 1.54) is 32.1 Å². The highest BCUT2D eigenvalue weighted by molar-refractivity contribution is 6.20. The zero-order chi connectivity index (χ0) is 11.4. The standard InChI is InChI=1S/C12H20ClN3/c1-2-11(13)12-9-16(15-14-12)8-10-6-4-3-5-7-10/h9-11H,2-8H2,1H3. The van der Waals surface area contributed by atoms with E-state index in [-0.39, 0.29) is 5.38 Å². The number of hydrogen-bond donors (Lipinski definition) is 0. The van der Waals surface area contributed by atoms with Gasteiger partial charge >= 0.3 is 0 Å². The van der Waals surface area contributed by atoms with Gasteiger partial charge in [-0.25, -0.2) is 0 Å². The molecule has 0 radical (unpaired) electrons. The number of hydrogen-bond acceptors (Lipinski definition) is 2. The van der Waals surface area contributed by atoms with Crippen LogP contribution in [-0.4, -0.2) is 15.0 Å². The van der Waals surface area contributed by atoms with Crippen LogP contribution in [0.4, 0.5) is 0 Å². The Bertz CT molecular complexity index is 318. The molecule has 2 rings (SSSR count). The van der Waals surface area contributed by atoms with Crippen molar-refractivity contribution >= 4 is 11.6 Å². The Morgan fingerprint density at radius 1 is 1.44 bits per heavy atom. The van der Waals surface area contributed by atoms with Crippen LogP contribution in [0.3, 0.4) is 0 Å². The summed E-state index contributed by atoms with van der Waals surface area (Å²) in [4.78, 5) is 0. The monoisotopic (exact) mass is 241 g/mol. The molecule has 0 bridgehead atoms. The predicted octanol–water partition coefficient (Wildman–Crippen LogP) is 3.55. The molecule has 1 aromatic rings. The van der Waals surface area contributed by atoms with Crippen LogP contribution in [0.5, 0.6) is 0 Å². The topological polar surface area (TPSA) is 30.7 Å². The van der Waals surface area contributed by atoms with Gasteiger partial charge in [-0.2, -0.15) is 0 Å². The lowest BCUT2D eigenvalue weighted by Gasteiger charge is -2.20. The summed E-state index contributed by atoms with van der Waals surface area (Å²) in [6, 6.07) is 0. The Hall–Kier alpha value is -0.570. The Morgan fingerprint density at radius 3 is 2.88 bits per heavy atom. The van der Waals surface area contributed by atoms with Crippen LogP contribution in [0.2, 0.25) is 0 Å². The molecule has 1 atom stereocenters. The second-order valence-electron chi connectivity index (χ2n) is 4.75. The molecule has 90 valence electrons. The summed E-state index contributed by atoms with van der Waals surface area (Å²) in [5.41, 5.74) is 0.917. The molecule has 1 unspecified atom stereocenters. The van der Waals surface area contributed by atoms with Crippen molar-refractivity contribution in [1.82, 2.24) is 15.0 Å². The molecule has 3 nitrogen and oxygen atoms in total. The van der Waals surface area contributed by atoms with Gasteiger partial charge in [0.25, 0.3) is 0 Å². The molecule has 0 N–H and O–H groups in total. The summed E-state index contributed by atoms with van der Waals surface area (Å²) < 4.78 is 1.97. The molecule has 0 spiro atoms. The molecule has 0 amide bonds. The number of rotatable bonds is 4. The smallest absolute Gasteiger partial charge is 0.100 e. The van der Waals surface area contributed by atoms with Gasteiger partial charge in [0.05, 0.1) is 5.38 Å². The van der Waals surface area contributed by atoms with Gasteiger partial charge in [-0.3, -0.25) is 4.68 Å². The van der Waals surface area contributed by atoms with E-state index in [2.05, 4.69) is 17.2 Å². The third kappa shape index (κ3) is 2.97. The number of nitrogens with zero attached hydrogens (tertiary/aromatic N) is 3. The third-order valence-corrected chi connectivity index (χ3v) is 3.94. The molecule has 16 heavy (non-hydrogen) atoms. The van der Waals surface area contributed by atoms with E-state index in [1.54, 1.807) is 0 Å². The summed E-state index contributed by atoms with van der Waals surface area (Å²) in [5.74, 6) is 0.790. The van der Waals surface area contributed by atoms with Crippen LogP contribution in [0.25, 0.3) is 0 Å². The molecule has 0 aliphatic heterocycles. The third-order valence-electron chi connectivity index (χ3n) is 3.41. The Kier molecular flexibility index (Phi) is 4.22. The van der Waals surface area contributed by atoms with Gasteiger partial charge in [0.1, 0.15) is 5.69 Å². The maximum absolute atomic E-state index is 6.13. The van der Waals surface area contributed by atoms with Gasteiger partial charge < -0.3 is 0 Å². The van der Waals surface area contributed by atoms with Gasteiger partial charge in [0, 0.05) is 12.7 Å². The number of halogens is 1. The van der Waals surface area contributed by atoms with Crippen LogP contribution in [0.15, 0.2) is 6.20 Å². The van der Waals surface area contributed by atoms with Gasteiger partial charge in [-0.1, -0.05) is 31.4 Å². The second kappa shape index (κ2) is 5.67. The van der Waals surface area contributed by atoms with Crippen molar-refractivity contribution in [2.75, 3.05) is 0 Å². The SMILES string of the molecule is CCC(Cl)c1cn(CC2CCCCC2)nn1. The lowest BCUT2D eigenvalue weighted by molar-refractivity contribution is 0.305. The summed E-state index contributed by atoms with van der Waals surface area (Å²) in [6.07, 6.45) is 9.75. The minimum Gasteiger partial charge on any atom is -0.252 e. The molecular weight excluding hydrogens is 222 g/mol. The zero-order valence-corrected chi connectivity index (χ0v) is 10.7. The second-order valence-corrected chi connectivity index (χ2v) is 5.27. The Morgan fingerprint density at radius 2 is 2.19 bits per heavy atom. The van der Waals surface area contributed by atoms with E-state index < -0.39 is 0 Å². The Labute approximate surface area is 102 Å². The first-order valence-corrected chi connectivity index (χ1v) is 6.77. The van der Waals surface area contributed by atoms with Crippen LogP contribution in [0, 0.1) is 5.92 Å². The summed E-state index contributed by atoms with van der Waals surface area (Å²) in [6.45, 7) is 3.08. The van der Waals surface area contributed by atoms with Crippen LogP contribution in [0.1, 0.15) is 56.5 Å². The highest BCUT2D eigenvalue weighted by Crippen LogP contribution is 2.26. The lowest BCUT2D eigenvalue weighted by atomic mass is 9.89. The first kappa shape index (κ1) is 11.9. The molecule has 1 aromatic heterocycles. The molecular formula is C12H20ClN3. The van der Waals surface area contributed by atoms with Crippen LogP contribution >= 0.6 is 11.6 Å². The summed E-state index contributed by atoms with van der Waals surface area (Å²) in [7, 11) is 0. The van der Waals surface area contributed by atoms with Gasteiger partial charge in [-0.15, -0.1) is 16.7 Å². The molecule has 0 aromatic carbocycles. The Balaban J connectivity index is 1.91. The van der Waals surface area contributed by atoms with Crippen LogP contribution in [-0.2, 0) is 6.54 Å². The predicted molar refractivity (Wildman–Crippen MR) is 65.5 cm³/mol. The largest absolute Gasteiger partial charge is 0.252 e. The average Bonchev–Trinajstić information content (AvgIpc) is 2.78. The van der Waals surface area contributed by atoms with Crippen molar-refractivity contribution in [3.8, 4) is 0 Å². The van der Waals surface area contributed by atoms with Crippen molar-refractivity contribution in [2.24, 2.45) is 5.92 Å². The highest BCUT2D eigenvalue weighted by atomic mass is 35.5. The maximum atomic E-state index is 6.13. The van der Waals surface area contributed by atoms with Crippen LogP contribution < -0.4 is 0 Å². The molecule has 1 saturated carbocycles.